The van der Waals surface area contributed by atoms with Crippen molar-refractivity contribution in [3.8, 4) is 16.3 Å². The number of ether oxygens (including phenoxy) is 1. The van der Waals surface area contributed by atoms with Gasteiger partial charge in [0.15, 0.2) is 0 Å². The summed E-state index contributed by atoms with van der Waals surface area (Å²) in [5, 5.41) is 2.27. The molecule has 1 saturated heterocycles. The van der Waals surface area contributed by atoms with Crippen molar-refractivity contribution in [2.24, 2.45) is 0 Å². The summed E-state index contributed by atoms with van der Waals surface area (Å²) in [5.74, 6) is 0. The molecule has 1 fully saturated rings. The van der Waals surface area contributed by atoms with Crippen molar-refractivity contribution >= 4 is 21.4 Å². The molecule has 0 N–H and O–H groups in total. The van der Waals surface area contributed by atoms with Gasteiger partial charge in [0.1, 0.15) is 6.10 Å². The Labute approximate surface area is 169 Å². The number of alkyl halides is 3. The van der Waals surface area contributed by atoms with Crippen LogP contribution in [0.3, 0.4) is 0 Å². The van der Waals surface area contributed by atoms with Gasteiger partial charge in [-0.2, -0.15) is 17.5 Å². The Kier molecular flexibility index (Phi) is 5.09. The molecule has 0 radical (unpaired) electrons. The average Bonchev–Trinajstić information content (AvgIpc) is 3.17. The van der Waals surface area contributed by atoms with Crippen LogP contribution in [0.4, 0.5) is 13.2 Å². The van der Waals surface area contributed by atoms with Crippen molar-refractivity contribution in [2.45, 2.75) is 17.2 Å². The summed E-state index contributed by atoms with van der Waals surface area (Å²) < 4.78 is 71.0. The van der Waals surface area contributed by atoms with Gasteiger partial charge in [0.25, 0.3) is 5.19 Å². The zero-order valence-corrected chi connectivity index (χ0v) is 16.5. The molecular weight excluding hydrogens is 425 g/mol. The average molecular weight is 440 g/mol. The first-order chi connectivity index (χ1) is 13.7. The Morgan fingerprint density at radius 2 is 1.79 bits per heavy atom. The summed E-state index contributed by atoms with van der Waals surface area (Å²) in [6.45, 7) is 0.439. The second kappa shape index (κ2) is 7.43. The Morgan fingerprint density at radius 1 is 1.07 bits per heavy atom. The molecule has 0 aliphatic carbocycles. The minimum absolute atomic E-state index is 0.0842. The lowest BCUT2D eigenvalue weighted by molar-refractivity contribution is -0.137. The molecule has 0 saturated carbocycles. The maximum atomic E-state index is 12.9. The van der Waals surface area contributed by atoms with E-state index in [4.69, 9.17) is 4.74 Å². The molecule has 4 rings (SSSR count). The maximum Gasteiger partial charge on any atom is 0.416 e. The number of benzene rings is 2. The lowest BCUT2D eigenvalue weighted by Crippen LogP contribution is -2.55. The van der Waals surface area contributed by atoms with Crippen LogP contribution in [-0.4, -0.2) is 36.9 Å². The van der Waals surface area contributed by atoms with Gasteiger partial charge >= 0.3 is 6.18 Å². The van der Waals surface area contributed by atoms with Crippen LogP contribution in [0.5, 0.6) is 5.19 Å². The van der Waals surface area contributed by atoms with Crippen LogP contribution in [-0.2, 0) is 16.2 Å². The quantitative estimate of drug-likeness (QED) is 0.594. The van der Waals surface area contributed by atoms with Crippen molar-refractivity contribution in [1.82, 2.24) is 9.29 Å². The van der Waals surface area contributed by atoms with E-state index < -0.39 is 21.8 Å². The minimum atomic E-state index is -4.44. The fourth-order valence-electron chi connectivity index (χ4n) is 2.93. The Morgan fingerprint density at radius 3 is 2.41 bits per heavy atom. The standard InChI is InChI=1S/C19H15F3N2O3S2/c20-19(21,22)15-3-1-2-14(10-15)13-4-6-17(7-5-13)29(25,26)24-11-16(12-24)27-18-23-8-9-28-18/h1-10,16H,11-12H2. The summed E-state index contributed by atoms with van der Waals surface area (Å²) in [6, 6.07) is 10.7. The Balaban J connectivity index is 1.46. The van der Waals surface area contributed by atoms with E-state index >= 15 is 0 Å². The topological polar surface area (TPSA) is 59.5 Å². The van der Waals surface area contributed by atoms with Gasteiger partial charge in [-0.05, 0) is 35.4 Å². The minimum Gasteiger partial charge on any atom is -0.464 e. The Hall–Kier alpha value is -2.43. The number of halogens is 3. The van der Waals surface area contributed by atoms with Gasteiger partial charge in [-0.15, -0.1) is 0 Å². The van der Waals surface area contributed by atoms with Gasteiger partial charge in [-0.3, -0.25) is 0 Å². The lowest BCUT2D eigenvalue weighted by atomic mass is 10.0. The molecule has 0 spiro atoms. The van der Waals surface area contributed by atoms with E-state index in [1.807, 2.05) is 0 Å². The third-order valence-corrected chi connectivity index (χ3v) is 7.01. The number of thiazole rings is 1. The smallest absolute Gasteiger partial charge is 0.416 e. The number of hydrogen-bond donors (Lipinski definition) is 0. The Bertz CT molecular complexity index is 1090. The van der Waals surface area contributed by atoms with Gasteiger partial charge in [0.2, 0.25) is 10.0 Å². The number of rotatable bonds is 5. The van der Waals surface area contributed by atoms with Crippen molar-refractivity contribution in [3.05, 3.63) is 65.7 Å². The summed E-state index contributed by atoms with van der Waals surface area (Å²) in [5.41, 5.74) is 0.117. The molecule has 10 heteroatoms. The van der Waals surface area contributed by atoms with Gasteiger partial charge in [0, 0.05) is 11.6 Å². The number of sulfonamides is 1. The summed E-state index contributed by atoms with van der Waals surface area (Å²) >= 11 is 1.34. The molecule has 2 aromatic carbocycles. The summed E-state index contributed by atoms with van der Waals surface area (Å²) in [6.07, 6.45) is -3.08. The number of hydrogen-bond acceptors (Lipinski definition) is 5. The van der Waals surface area contributed by atoms with Crippen LogP contribution in [0, 0.1) is 0 Å². The highest BCUT2D eigenvalue weighted by molar-refractivity contribution is 7.89. The molecule has 0 bridgehead atoms. The molecule has 1 aromatic heterocycles. The summed E-state index contributed by atoms with van der Waals surface area (Å²) in [7, 11) is -3.69. The van der Waals surface area contributed by atoms with Gasteiger partial charge < -0.3 is 4.74 Å². The molecule has 0 unspecified atom stereocenters. The third-order valence-electron chi connectivity index (χ3n) is 4.51. The van der Waals surface area contributed by atoms with E-state index in [0.717, 1.165) is 12.1 Å². The fraction of sp³-hybridized carbons (Fsp3) is 0.211. The lowest BCUT2D eigenvalue weighted by Gasteiger charge is -2.37. The van der Waals surface area contributed by atoms with Crippen LogP contribution >= 0.6 is 11.3 Å². The monoisotopic (exact) mass is 440 g/mol. The number of nitrogens with zero attached hydrogens (tertiary/aromatic N) is 2. The molecule has 1 aliphatic heterocycles. The fourth-order valence-corrected chi connectivity index (χ4v) is 4.98. The summed E-state index contributed by atoms with van der Waals surface area (Å²) in [4.78, 5) is 4.09. The normalized spacial score (nSPS) is 15.8. The highest BCUT2D eigenvalue weighted by Gasteiger charge is 2.38. The molecule has 0 amide bonds. The van der Waals surface area contributed by atoms with E-state index in [1.54, 1.807) is 17.6 Å². The second-order valence-electron chi connectivity index (χ2n) is 6.46. The van der Waals surface area contributed by atoms with Gasteiger partial charge in [0.05, 0.1) is 23.5 Å². The molecule has 3 aromatic rings. The molecule has 5 nitrogen and oxygen atoms in total. The van der Waals surface area contributed by atoms with E-state index in [-0.39, 0.29) is 24.1 Å². The molecular formula is C19H15F3N2O3S2. The zero-order valence-electron chi connectivity index (χ0n) is 14.8. The predicted octanol–water partition coefficient (Wildman–Crippen LogP) is 4.28. The first kappa shape index (κ1) is 19.9. The van der Waals surface area contributed by atoms with E-state index in [0.29, 0.717) is 16.3 Å². The predicted molar refractivity (Wildman–Crippen MR) is 102 cm³/mol. The number of aromatic nitrogens is 1. The first-order valence-corrected chi connectivity index (χ1v) is 10.9. The van der Waals surface area contributed by atoms with Crippen LogP contribution in [0.25, 0.3) is 11.1 Å². The zero-order chi connectivity index (χ0) is 20.6. The van der Waals surface area contributed by atoms with Crippen LogP contribution in [0.2, 0.25) is 0 Å². The SMILES string of the molecule is O=S(=O)(c1ccc(-c2cccc(C(F)(F)F)c2)cc1)N1CC(Oc2nccs2)C1. The van der Waals surface area contributed by atoms with E-state index in [9.17, 15) is 21.6 Å². The molecule has 152 valence electrons. The van der Waals surface area contributed by atoms with E-state index in [1.165, 1.54) is 46.0 Å². The van der Waals surface area contributed by atoms with Crippen molar-refractivity contribution in [3.63, 3.8) is 0 Å². The van der Waals surface area contributed by atoms with Crippen molar-refractivity contribution < 1.29 is 26.3 Å². The third kappa shape index (κ3) is 4.14. The van der Waals surface area contributed by atoms with Gasteiger partial charge in [-0.1, -0.05) is 35.6 Å². The van der Waals surface area contributed by atoms with Crippen molar-refractivity contribution in [2.75, 3.05) is 13.1 Å². The van der Waals surface area contributed by atoms with E-state index in [2.05, 4.69) is 4.98 Å². The highest BCUT2D eigenvalue weighted by Crippen LogP contribution is 2.33. The molecule has 29 heavy (non-hydrogen) atoms. The largest absolute Gasteiger partial charge is 0.464 e. The molecule has 2 heterocycles. The molecule has 1 aliphatic rings. The highest BCUT2D eigenvalue weighted by atomic mass is 32.2. The van der Waals surface area contributed by atoms with Crippen LogP contribution in [0.15, 0.2) is 65.0 Å². The first-order valence-electron chi connectivity index (χ1n) is 8.57. The van der Waals surface area contributed by atoms with Crippen LogP contribution in [0.1, 0.15) is 5.56 Å². The van der Waals surface area contributed by atoms with Crippen LogP contribution < -0.4 is 4.74 Å². The second-order valence-corrected chi connectivity index (χ2v) is 9.26. The van der Waals surface area contributed by atoms with Crippen molar-refractivity contribution in [1.29, 1.82) is 0 Å². The van der Waals surface area contributed by atoms with Gasteiger partial charge in [-0.25, -0.2) is 13.4 Å². The molecule has 0 atom stereocenters. The maximum absolute atomic E-state index is 12.9.